The van der Waals surface area contributed by atoms with Crippen LogP contribution in [0, 0.1) is 5.92 Å². The topological polar surface area (TPSA) is 103 Å². The first kappa shape index (κ1) is 27.2. The number of aromatic amines is 2. The number of rotatable bonds is 10. The molecule has 7 rings (SSSR count). The Morgan fingerprint density at radius 1 is 0.860 bits per heavy atom. The summed E-state index contributed by atoms with van der Waals surface area (Å²) >= 11 is 0. The number of benzene rings is 3. The van der Waals surface area contributed by atoms with Crippen LogP contribution in [-0.4, -0.2) is 43.7 Å². The third-order valence-electron chi connectivity index (χ3n) is 8.73. The van der Waals surface area contributed by atoms with E-state index >= 15 is 0 Å². The Hall–Kier alpha value is -4.69. The predicted molar refractivity (Wildman–Crippen MR) is 170 cm³/mol. The molecule has 8 heteroatoms. The van der Waals surface area contributed by atoms with E-state index in [-0.39, 0.29) is 17.9 Å². The van der Waals surface area contributed by atoms with Crippen LogP contribution in [-0.2, 0) is 30.6 Å². The Morgan fingerprint density at radius 3 is 2.30 bits per heavy atom. The van der Waals surface area contributed by atoms with Gasteiger partial charge in [0.25, 0.3) is 0 Å². The molecule has 3 aromatic carbocycles. The van der Waals surface area contributed by atoms with Crippen molar-refractivity contribution in [3.05, 3.63) is 120 Å². The molecule has 0 aliphatic carbocycles. The molecule has 1 aliphatic rings. The Balaban J connectivity index is 1.24. The molecule has 8 nitrogen and oxygen atoms in total. The highest BCUT2D eigenvalue weighted by molar-refractivity contribution is 5.84. The van der Waals surface area contributed by atoms with Crippen molar-refractivity contribution in [2.75, 3.05) is 13.1 Å². The number of nitrogens with zero attached hydrogens (tertiary/aromatic N) is 3. The summed E-state index contributed by atoms with van der Waals surface area (Å²) in [6.45, 7) is 2.31. The lowest BCUT2D eigenvalue weighted by molar-refractivity contribution is -0.126. The zero-order chi connectivity index (χ0) is 29.0. The number of aryl methyl sites for hydroxylation is 2. The van der Waals surface area contributed by atoms with Gasteiger partial charge in [0, 0.05) is 53.6 Å². The third kappa shape index (κ3) is 5.83. The van der Waals surface area contributed by atoms with Crippen LogP contribution in [0.15, 0.2) is 91.3 Å². The minimum atomic E-state index is -0.327. The van der Waals surface area contributed by atoms with Gasteiger partial charge in [-0.05, 0) is 54.6 Å². The summed E-state index contributed by atoms with van der Waals surface area (Å²) < 4.78 is 2.23. The SMILES string of the molecule is O=C(NC(Cc1c[nH]c2ccccc12)c1nnc(CCc2c[nH]c3ccccc23)n1Cc1ccccc1)[C@@H]1CCCNC1. The van der Waals surface area contributed by atoms with Crippen LogP contribution in [0.2, 0.25) is 0 Å². The van der Waals surface area contributed by atoms with Gasteiger partial charge in [-0.25, -0.2) is 0 Å². The largest absolute Gasteiger partial charge is 0.361 e. The predicted octanol–water partition coefficient (Wildman–Crippen LogP) is 5.47. The van der Waals surface area contributed by atoms with Gasteiger partial charge in [0.15, 0.2) is 5.82 Å². The number of hydrogen-bond donors (Lipinski definition) is 4. The van der Waals surface area contributed by atoms with Crippen molar-refractivity contribution < 1.29 is 4.79 Å². The van der Waals surface area contributed by atoms with Crippen LogP contribution in [0.5, 0.6) is 0 Å². The fraction of sp³-hybridized carbons (Fsp3) is 0.286. The van der Waals surface area contributed by atoms with E-state index in [1.807, 2.05) is 12.1 Å². The van der Waals surface area contributed by atoms with E-state index in [0.29, 0.717) is 19.5 Å². The van der Waals surface area contributed by atoms with E-state index in [4.69, 9.17) is 10.2 Å². The summed E-state index contributed by atoms with van der Waals surface area (Å²) in [5, 5.41) is 18.8. The van der Waals surface area contributed by atoms with Crippen molar-refractivity contribution in [2.24, 2.45) is 5.92 Å². The molecule has 0 spiro atoms. The number of fused-ring (bicyclic) bond motifs is 2. The Morgan fingerprint density at radius 2 is 1.56 bits per heavy atom. The molecule has 4 N–H and O–H groups in total. The number of aromatic nitrogens is 5. The van der Waals surface area contributed by atoms with E-state index in [1.54, 1.807) is 0 Å². The molecule has 0 radical (unpaired) electrons. The first-order chi connectivity index (χ1) is 21.2. The Labute approximate surface area is 250 Å². The number of nitrogens with one attached hydrogen (secondary N) is 4. The zero-order valence-corrected chi connectivity index (χ0v) is 24.2. The van der Waals surface area contributed by atoms with Gasteiger partial charge in [-0.1, -0.05) is 66.7 Å². The lowest BCUT2D eigenvalue weighted by Gasteiger charge is -2.26. The molecule has 1 unspecified atom stereocenters. The summed E-state index contributed by atoms with van der Waals surface area (Å²) in [6, 6.07) is 26.8. The molecule has 1 amide bonds. The van der Waals surface area contributed by atoms with Gasteiger partial charge in [0.05, 0.1) is 18.5 Å². The number of hydrogen-bond acceptors (Lipinski definition) is 4. The second kappa shape index (κ2) is 12.3. The fourth-order valence-corrected chi connectivity index (χ4v) is 6.41. The molecule has 1 aliphatic heterocycles. The van der Waals surface area contributed by atoms with E-state index in [9.17, 15) is 4.79 Å². The summed E-state index contributed by atoms with van der Waals surface area (Å²) in [7, 11) is 0. The quantitative estimate of drug-likeness (QED) is 0.175. The van der Waals surface area contributed by atoms with E-state index < -0.39 is 0 Å². The summed E-state index contributed by atoms with van der Waals surface area (Å²) in [5.41, 5.74) is 5.81. The highest BCUT2D eigenvalue weighted by Crippen LogP contribution is 2.27. The van der Waals surface area contributed by atoms with Crippen LogP contribution in [0.1, 0.15) is 47.2 Å². The van der Waals surface area contributed by atoms with Crippen LogP contribution >= 0.6 is 0 Å². The fourth-order valence-electron chi connectivity index (χ4n) is 6.41. The van der Waals surface area contributed by atoms with Crippen LogP contribution in [0.4, 0.5) is 0 Å². The maximum Gasteiger partial charge on any atom is 0.224 e. The van der Waals surface area contributed by atoms with Gasteiger partial charge in [-0.15, -0.1) is 10.2 Å². The van der Waals surface area contributed by atoms with E-state index in [2.05, 4.69) is 104 Å². The molecule has 4 heterocycles. The number of piperidine rings is 1. The van der Waals surface area contributed by atoms with Crippen molar-refractivity contribution >= 4 is 27.7 Å². The molecular weight excluding hydrogens is 534 g/mol. The van der Waals surface area contributed by atoms with Crippen molar-refractivity contribution in [3.8, 4) is 0 Å². The number of para-hydroxylation sites is 2. The van der Waals surface area contributed by atoms with Crippen molar-refractivity contribution in [1.82, 2.24) is 35.4 Å². The molecule has 2 atom stereocenters. The lowest BCUT2D eigenvalue weighted by atomic mass is 9.97. The third-order valence-corrected chi connectivity index (χ3v) is 8.73. The molecular formula is C35H37N7O. The van der Waals surface area contributed by atoms with Gasteiger partial charge in [-0.2, -0.15) is 0 Å². The zero-order valence-electron chi connectivity index (χ0n) is 24.2. The maximum absolute atomic E-state index is 13.6. The summed E-state index contributed by atoms with van der Waals surface area (Å²) in [4.78, 5) is 20.4. The van der Waals surface area contributed by atoms with Gasteiger partial charge in [-0.3, -0.25) is 4.79 Å². The van der Waals surface area contributed by atoms with Gasteiger partial charge < -0.3 is 25.2 Å². The monoisotopic (exact) mass is 571 g/mol. The Kier molecular flexibility index (Phi) is 7.75. The van der Waals surface area contributed by atoms with Gasteiger partial charge >= 0.3 is 0 Å². The number of amides is 1. The highest BCUT2D eigenvalue weighted by Gasteiger charge is 2.28. The smallest absolute Gasteiger partial charge is 0.224 e. The average Bonchev–Trinajstić information content (AvgIpc) is 3.78. The molecule has 1 fully saturated rings. The summed E-state index contributed by atoms with van der Waals surface area (Å²) in [6.07, 6.45) is 8.25. The minimum absolute atomic E-state index is 0.0499. The highest BCUT2D eigenvalue weighted by atomic mass is 16.2. The molecule has 43 heavy (non-hydrogen) atoms. The van der Waals surface area contributed by atoms with Crippen LogP contribution < -0.4 is 10.6 Å². The summed E-state index contributed by atoms with van der Waals surface area (Å²) in [5.74, 6) is 1.74. The maximum atomic E-state index is 13.6. The molecule has 0 bridgehead atoms. The van der Waals surface area contributed by atoms with E-state index in [1.165, 1.54) is 16.5 Å². The minimum Gasteiger partial charge on any atom is -0.361 e. The first-order valence-corrected chi connectivity index (χ1v) is 15.3. The lowest BCUT2D eigenvalue weighted by Crippen LogP contribution is -2.42. The number of carbonyl (C=O) groups is 1. The molecule has 3 aromatic heterocycles. The van der Waals surface area contributed by atoms with Gasteiger partial charge in [0.2, 0.25) is 5.91 Å². The van der Waals surface area contributed by atoms with E-state index in [0.717, 1.165) is 65.9 Å². The van der Waals surface area contributed by atoms with Crippen molar-refractivity contribution in [3.63, 3.8) is 0 Å². The molecule has 6 aromatic rings. The molecule has 218 valence electrons. The average molecular weight is 572 g/mol. The Bertz CT molecular complexity index is 1830. The second-order valence-electron chi connectivity index (χ2n) is 11.6. The van der Waals surface area contributed by atoms with Crippen molar-refractivity contribution in [1.29, 1.82) is 0 Å². The second-order valence-corrected chi connectivity index (χ2v) is 11.6. The van der Waals surface area contributed by atoms with Gasteiger partial charge in [0.1, 0.15) is 5.82 Å². The normalized spacial score (nSPS) is 16.0. The van der Waals surface area contributed by atoms with Crippen LogP contribution in [0.3, 0.4) is 0 Å². The first-order valence-electron chi connectivity index (χ1n) is 15.3. The van der Waals surface area contributed by atoms with Crippen LogP contribution in [0.25, 0.3) is 21.8 Å². The standard InChI is InChI=1S/C35H37N7O/c43-35(26-11-8-18-36-20-26)39-32(19-27-22-38-31-15-7-5-13-29(27)31)34-41-40-33(42(34)23-24-9-2-1-3-10-24)17-16-25-21-37-30-14-6-4-12-28(25)30/h1-7,9-10,12-15,21-22,26,32,36-38H,8,11,16-20,23H2,(H,39,43)/t26-,32?/m1/s1. The number of H-pyrrole nitrogens is 2. The number of carbonyl (C=O) groups excluding carboxylic acids is 1. The molecule has 1 saturated heterocycles. The van der Waals surface area contributed by atoms with Crippen molar-refractivity contribution in [2.45, 2.75) is 44.7 Å². The molecule has 0 saturated carbocycles.